The van der Waals surface area contributed by atoms with Gasteiger partial charge in [-0.05, 0) is 42.8 Å². The molecule has 4 rings (SSSR count). The molecule has 7 heteroatoms. The Hall–Kier alpha value is -3.06. The van der Waals surface area contributed by atoms with E-state index < -0.39 is 11.6 Å². The molecule has 0 atom stereocenters. The lowest BCUT2D eigenvalue weighted by atomic mass is 10.2. The monoisotopic (exact) mass is 414 g/mol. The first-order chi connectivity index (χ1) is 13.9. The van der Waals surface area contributed by atoms with Gasteiger partial charge in [0, 0.05) is 23.5 Å². The minimum Gasteiger partial charge on any atom is -0.347 e. The number of aryl methyl sites for hydroxylation is 1. The van der Waals surface area contributed by atoms with Crippen LogP contribution in [0, 0.1) is 24.4 Å². The Balaban J connectivity index is 1.65. The van der Waals surface area contributed by atoms with Crippen molar-refractivity contribution in [2.24, 2.45) is 0 Å². The van der Waals surface area contributed by atoms with Crippen LogP contribution >= 0.6 is 11.3 Å². The summed E-state index contributed by atoms with van der Waals surface area (Å²) in [6, 6.07) is 13.6. The zero-order valence-electron chi connectivity index (χ0n) is 15.5. The molecule has 0 aliphatic carbocycles. The van der Waals surface area contributed by atoms with Gasteiger partial charge in [-0.25, -0.2) is 13.2 Å². The maximum absolute atomic E-state index is 13.8. The van der Waals surface area contributed by atoms with Gasteiger partial charge in [-0.1, -0.05) is 24.3 Å². The normalized spacial score (nSPS) is 11.2. The van der Waals surface area contributed by atoms with Crippen molar-refractivity contribution in [3.8, 4) is 0 Å². The van der Waals surface area contributed by atoms with Crippen LogP contribution in [-0.4, -0.2) is 10.5 Å². The van der Waals surface area contributed by atoms with Gasteiger partial charge in [0.15, 0.2) is 11.6 Å². The molecule has 2 aromatic heterocycles. The standard InChI is InChI=1S/C22H17F3N2OS/c1-13-8-19-21(29-13)10-20(22(28)26-11-15-4-2-3-5-16(15)23)27(19)12-14-6-7-17(24)18(25)9-14/h2-10H,11-12H2,1H3,(H,26,28). The summed E-state index contributed by atoms with van der Waals surface area (Å²) in [6.45, 7) is 2.22. The number of hydrogen-bond donors (Lipinski definition) is 1. The van der Waals surface area contributed by atoms with Crippen LogP contribution in [0.2, 0.25) is 0 Å². The number of nitrogens with one attached hydrogen (secondary N) is 1. The number of rotatable bonds is 5. The SMILES string of the molecule is Cc1cc2c(cc(C(=O)NCc3ccccc3F)n2Cc2ccc(F)c(F)c2)s1. The Bertz CT molecular complexity index is 1210. The highest BCUT2D eigenvalue weighted by molar-refractivity contribution is 7.19. The van der Waals surface area contributed by atoms with E-state index >= 15 is 0 Å². The molecule has 0 bridgehead atoms. The van der Waals surface area contributed by atoms with E-state index in [4.69, 9.17) is 0 Å². The maximum atomic E-state index is 13.8. The Kier molecular flexibility index (Phi) is 5.15. The van der Waals surface area contributed by atoms with Gasteiger partial charge in [0.2, 0.25) is 0 Å². The van der Waals surface area contributed by atoms with Gasteiger partial charge in [-0.15, -0.1) is 11.3 Å². The number of fused-ring (bicyclic) bond motifs is 1. The summed E-state index contributed by atoms with van der Waals surface area (Å²) >= 11 is 1.54. The summed E-state index contributed by atoms with van der Waals surface area (Å²) in [5.74, 6) is -2.60. The fourth-order valence-electron chi connectivity index (χ4n) is 3.25. The second-order valence-electron chi connectivity index (χ2n) is 6.74. The fraction of sp³-hybridized carbons (Fsp3) is 0.136. The average Bonchev–Trinajstić information content (AvgIpc) is 3.21. The summed E-state index contributed by atoms with van der Waals surface area (Å²) in [7, 11) is 0. The van der Waals surface area contributed by atoms with Gasteiger partial charge in [-0.3, -0.25) is 4.79 Å². The lowest BCUT2D eigenvalue weighted by Gasteiger charge is -2.12. The largest absolute Gasteiger partial charge is 0.347 e. The number of carbonyl (C=O) groups is 1. The number of amides is 1. The van der Waals surface area contributed by atoms with E-state index in [1.807, 2.05) is 13.0 Å². The van der Waals surface area contributed by atoms with Crippen LogP contribution in [0.1, 0.15) is 26.5 Å². The third-order valence-corrected chi connectivity index (χ3v) is 5.65. The van der Waals surface area contributed by atoms with Gasteiger partial charge in [0.25, 0.3) is 5.91 Å². The van der Waals surface area contributed by atoms with Crippen LogP contribution in [0.15, 0.2) is 54.6 Å². The molecule has 0 radical (unpaired) electrons. The van der Waals surface area contributed by atoms with Crippen molar-refractivity contribution in [3.05, 3.63) is 93.7 Å². The molecule has 3 nitrogen and oxygen atoms in total. The molecule has 29 heavy (non-hydrogen) atoms. The molecule has 2 aromatic carbocycles. The van der Waals surface area contributed by atoms with Crippen LogP contribution < -0.4 is 5.32 Å². The molecule has 0 saturated carbocycles. The Labute approximate surface area is 169 Å². The Morgan fingerprint density at radius 1 is 1.00 bits per heavy atom. The van der Waals surface area contributed by atoms with Gasteiger partial charge in [-0.2, -0.15) is 0 Å². The summed E-state index contributed by atoms with van der Waals surface area (Å²) in [4.78, 5) is 13.9. The van der Waals surface area contributed by atoms with E-state index in [2.05, 4.69) is 5.32 Å². The minimum absolute atomic E-state index is 0.0501. The molecule has 1 amide bonds. The summed E-state index contributed by atoms with van der Waals surface area (Å²) in [6.07, 6.45) is 0. The molecule has 1 N–H and O–H groups in total. The van der Waals surface area contributed by atoms with Crippen molar-refractivity contribution in [3.63, 3.8) is 0 Å². The molecular weight excluding hydrogens is 397 g/mol. The van der Waals surface area contributed by atoms with Crippen LogP contribution in [0.3, 0.4) is 0 Å². The minimum atomic E-state index is -0.932. The lowest BCUT2D eigenvalue weighted by molar-refractivity contribution is 0.0942. The zero-order valence-corrected chi connectivity index (χ0v) is 16.3. The predicted molar refractivity (Wildman–Crippen MR) is 108 cm³/mol. The molecule has 0 spiro atoms. The van der Waals surface area contributed by atoms with Gasteiger partial charge < -0.3 is 9.88 Å². The van der Waals surface area contributed by atoms with Crippen molar-refractivity contribution in [1.29, 1.82) is 0 Å². The maximum Gasteiger partial charge on any atom is 0.268 e. The van der Waals surface area contributed by atoms with Gasteiger partial charge >= 0.3 is 0 Å². The first-order valence-electron chi connectivity index (χ1n) is 8.97. The highest BCUT2D eigenvalue weighted by Crippen LogP contribution is 2.29. The Morgan fingerprint density at radius 3 is 2.55 bits per heavy atom. The van der Waals surface area contributed by atoms with Crippen molar-refractivity contribution < 1.29 is 18.0 Å². The number of nitrogens with zero attached hydrogens (tertiary/aromatic N) is 1. The topological polar surface area (TPSA) is 34.0 Å². The number of carbonyl (C=O) groups excluding carboxylic acids is 1. The smallest absolute Gasteiger partial charge is 0.268 e. The van der Waals surface area contributed by atoms with E-state index in [1.54, 1.807) is 40.2 Å². The summed E-state index contributed by atoms with van der Waals surface area (Å²) in [5.41, 5.74) is 2.14. The van der Waals surface area contributed by atoms with Gasteiger partial charge in [0.1, 0.15) is 11.5 Å². The van der Waals surface area contributed by atoms with Crippen molar-refractivity contribution in [1.82, 2.24) is 9.88 Å². The van der Waals surface area contributed by atoms with Crippen molar-refractivity contribution in [2.45, 2.75) is 20.0 Å². The first-order valence-corrected chi connectivity index (χ1v) is 9.79. The Morgan fingerprint density at radius 2 is 1.79 bits per heavy atom. The van der Waals surface area contributed by atoms with E-state index in [9.17, 15) is 18.0 Å². The lowest BCUT2D eigenvalue weighted by Crippen LogP contribution is -2.26. The average molecular weight is 414 g/mol. The van der Waals surface area contributed by atoms with E-state index in [-0.39, 0.29) is 24.8 Å². The number of halogens is 3. The molecule has 0 fully saturated rings. The van der Waals surface area contributed by atoms with E-state index in [1.165, 1.54) is 12.1 Å². The number of thiophene rings is 1. The third kappa shape index (κ3) is 3.91. The first kappa shape index (κ1) is 19.3. The molecule has 4 aromatic rings. The molecule has 148 valence electrons. The second kappa shape index (κ2) is 7.75. The van der Waals surface area contributed by atoms with Crippen LogP contribution in [0.25, 0.3) is 10.2 Å². The van der Waals surface area contributed by atoms with Crippen molar-refractivity contribution in [2.75, 3.05) is 0 Å². The molecular formula is C22H17F3N2OS. The predicted octanol–water partition coefficient (Wildman–Crippen LogP) is 5.41. The number of hydrogen-bond acceptors (Lipinski definition) is 2. The van der Waals surface area contributed by atoms with E-state index in [0.29, 0.717) is 16.8 Å². The molecule has 2 heterocycles. The third-order valence-electron chi connectivity index (χ3n) is 4.67. The number of benzene rings is 2. The molecule has 0 aliphatic rings. The van der Waals surface area contributed by atoms with Crippen LogP contribution in [-0.2, 0) is 13.1 Å². The molecule has 0 aliphatic heterocycles. The molecule has 0 unspecified atom stereocenters. The van der Waals surface area contributed by atoms with E-state index in [0.717, 1.165) is 27.2 Å². The van der Waals surface area contributed by atoms with Crippen LogP contribution in [0.5, 0.6) is 0 Å². The molecule has 0 saturated heterocycles. The summed E-state index contributed by atoms with van der Waals surface area (Å²) < 4.78 is 43.4. The highest BCUT2D eigenvalue weighted by Gasteiger charge is 2.18. The zero-order chi connectivity index (χ0) is 20.5. The van der Waals surface area contributed by atoms with Gasteiger partial charge in [0.05, 0.1) is 10.2 Å². The number of aromatic nitrogens is 1. The van der Waals surface area contributed by atoms with Crippen LogP contribution in [0.4, 0.5) is 13.2 Å². The van der Waals surface area contributed by atoms with Crippen molar-refractivity contribution >= 4 is 27.5 Å². The summed E-state index contributed by atoms with van der Waals surface area (Å²) in [5, 5.41) is 2.74. The highest BCUT2D eigenvalue weighted by atomic mass is 32.1. The fourth-order valence-corrected chi connectivity index (χ4v) is 4.21. The quantitative estimate of drug-likeness (QED) is 0.466. The second-order valence-corrected chi connectivity index (χ2v) is 8.03.